The standard InChI is InChI=1S/C21H18F4N4O3/c22-15-3-1-2-14-17(15)19(26-16-9-29(20(31)32)8-12(16)10-30)28-27-18(14)11-4-6-13(7-5-11)21(23,24)25/h1-7,12,16,30H,8-10H2,(H,26,28)(H,31,32)/t12-,16+/m0/s1. The molecule has 0 radical (unpaired) electrons. The number of amides is 1. The highest BCUT2D eigenvalue weighted by molar-refractivity contribution is 6.00. The van der Waals surface area contributed by atoms with E-state index in [9.17, 15) is 32.6 Å². The molecule has 7 nitrogen and oxygen atoms in total. The monoisotopic (exact) mass is 450 g/mol. The van der Waals surface area contributed by atoms with Crippen molar-refractivity contribution in [2.45, 2.75) is 12.2 Å². The van der Waals surface area contributed by atoms with Crippen LogP contribution in [-0.2, 0) is 6.18 Å². The topological polar surface area (TPSA) is 98.6 Å². The summed E-state index contributed by atoms with van der Waals surface area (Å²) >= 11 is 0. The van der Waals surface area contributed by atoms with Crippen molar-refractivity contribution in [1.29, 1.82) is 0 Å². The normalized spacial score (nSPS) is 18.8. The number of rotatable bonds is 4. The van der Waals surface area contributed by atoms with Crippen LogP contribution in [0.2, 0.25) is 0 Å². The molecule has 1 fully saturated rings. The third kappa shape index (κ3) is 4.03. The van der Waals surface area contributed by atoms with Gasteiger partial charge in [0, 0.05) is 36.6 Å². The van der Waals surface area contributed by atoms with E-state index in [0.29, 0.717) is 10.9 Å². The third-order valence-corrected chi connectivity index (χ3v) is 5.51. The van der Waals surface area contributed by atoms with Crippen LogP contribution in [0.3, 0.4) is 0 Å². The molecule has 0 bridgehead atoms. The summed E-state index contributed by atoms with van der Waals surface area (Å²) in [7, 11) is 0. The molecule has 0 saturated carbocycles. The maximum atomic E-state index is 14.8. The summed E-state index contributed by atoms with van der Waals surface area (Å²) in [5.74, 6) is -0.990. The first-order chi connectivity index (χ1) is 15.2. The first kappa shape index (κ1) is 21.8. The molecule has 0 unspecified atom stereocenters. The molecule has 0 spiro atoms. The number of hydrogen-bond donors (Lipinski definition) is 3. The van der Waals surface area contributed by atoms with Crippen LogP contribution >= 0.6 is 0 Å². The molecular weight excluding hydrogens is 432 g/mol. The number of alkyl halides is 3. The second-order valence-electron chi connectivity index (χ2n) is 7.52. The summed E-state index contributed by atoms with van der Waals surface area (Å²) in [6, 6.07) is 8.04. The van der Waals surface area contributed by atoms with Gasteiger partial charge in [-0.15, -0.1) is 10.2 Å². The Morgan fingerprint density at radius 1 is 1.12 bits per heavy atom. The molecule has 2 atom stereocenters. The van der Waals surface area contributed by atoms with Crippen LogP contribution in [0.25, 0.3) is 22.0 Å². The van der Waals surface area contributed by atoms with Crippen molar-refractivity contribution in [2.75, 3.05) is 25.0 Å². The van der Waals surface area contributed by atoms with Gasteiger partial charge in [-0.3, -0.25) is 0 Å². The lowest BCUT2D eigenvalue weighted by Gasteiger charge is -2.20. The first-order valence-electron chi connectivity index (χ1n) is 9.67. The van der Waals surface area contributed by atoms with Gasteiger partial charge in [0.05, 0.1) is 17.0 Å². The number of nitrogens with zero attached hydrogens (tertiary/aromatic N) is 3. The Balaban J connectivity index is 1.73. The second-order valence-corrected chi connectivity index (χ2v) is 7.52. The molecular formula is C21H18F4N4O3. The van der Waals surface area contributed by atoms with Gasteiger partial charge in [0.25, 0.3) is 0 Å². The van der Waals surface area contributed by atoms with Crippen LogP contribution in [0.1, 0.15) is 5.56 Å². The molecule has 4 rings (SSSR count). The van der Waals surface area contributed by atoms with Crippen molar-refractivity contribution in [3.05, 3.63) is 53.8 Å². The fourth-order valence-corrected chi connectivity index (χ4v) is 3.85. The number of benzene rings is 2. The Hall–Kier alpha value is -3.47. The Morgan fingerprint density at radius 2 is 1.84 bits per heavy atom. The summed E-state index contributed by atoms with van der Waals surface area (Å²) < 4.78 is 53.4. The zero-order chi connectivity index (χ0) is 23.0. The Labute approximate surface area is 179 Å². The molecule has 1 saturated heterocycles. The summed E-state index contributed by atoms with van der Waals surface area (Å²) in [5.41, 5.74) is -0.280. The fraction of sp³-hybridized carbons (Fsp3) is 0.286. The van der Waals surface area contributed by atoms with Crippen molar-refractivity contribution in [3.8, 4) is 11.3 Å². The molecule has 3 aromatic rings. The van der Waals surface area contributed by atoms with Crippen LogP contribution < -0.4 is 5.32 Å². The maximum Gasteiger partial charge on any atom is 0.416 e. The molecule has 1 amide bonds. The minimum Gasteiger partial charge on any atom is -0.465 e. The van der Waals surface area contributed by atoms with Gasteiger partial charge in [-0.05, 0) is 18.2 Å². The smallest absolute Gasteiger partial charge is 0.416 e. The zero-order valence-electron chi connectivity index (χ0n) is 16.5. The van der Waals surface area contributed by atoms with E-state index in [2.05, 4.69) is 15.5 Å². The van der Waals surface area contributed by atoms with Crippen LogP contribution in [0.15, 0.2) is 42.5 Å². The number of likely N-dealkylation sites (tertiary alicyclic amines) is 1. The number of carbonyl (C=O) groups is 1. The van der Waals surface area contributed by atoms with E-state index >= 15 is 0 Å². The number of carboxylic acid groups (broad SMARTS) is 1. The molecule has 168 valence electrons. The molecule has 1 aliphatic heterocycles. The van der Waals surface area contributed by atoms with Gasteiger partial charge in [0.2, 0.25) is 0 Å². The number of hydrogen-bond acceptors (Lipinski definition) is 5. The highest BCUT2D eigenvalue weighted by Crippen LogP contribution is 2.35. The molecule has 1 aliphatic rings. The van der Waals surface area contributed by atoms with E-state index in [1.165, 1.54) is 24.3 Å². The van der Waals surface area contributed by atoms with Gasteiger partial charge < -0.3 is 20.4 Å². The van der Waals surface area contributed by atoms with Crippen LogP contribution in [0.4, 0.5) is 28.2 Å². The van der Waals surface area contributed by atoms with Gasteiger partial charge >= 0.3 is 12.3 Å². The van der Waals surface area contributed by atoms with E-state index in [0.717, 1.165) is 17.0 Å². The van der Waals surface area contributed by atoms with Gasteiger partial charge in [0.1, 0.15) is 11.5 Å². The van der Waals surface area contributed by atoms with Crippen molar-refractivity contribution >= 4 is 22.7 Å². The highest BCUT2D eigenvalue weighted by Gasteiger charge is 2.35. The van der Waals surface area contributed by atoms with E-state index < -0.39 is 35.6 Å². The molecule has 1 aromatic heterocycles. The van der Waals surface area contributed by atoms with Crippen LogP contribution in [0.5, 0.6) is 0 Å². The highest BCUT2D eigenvalue weighted by atomic mass is 19.4. The minimum absolute atomic E-state index is 0.0597. The van der Waals surface area contributed by atoms with Gasteiger partial charge in [-0.2, -0.15) is 13.2 Å². The molecule has 2 heterocycles. The third-order valence-electron chi connectivity index (χ3n) is 5.51. The Bertz CT molecular complexity index is 1150. The number of aromatic nitrogens is 2. The van der Waals surface area contributed by atoms with E-state index in [1.807, 2.05) is 0 Å². The Kier molecular flexibility index (Phi) is 5.59. The summed E-state index contributed by atoms with van der Waals surface area (Å²) in [5, 5.41) is 30.4. The van der Waals surface area contributed by atoms with Gasteiger partial charge in [-0.25, -0.2) is 9.18 Å². The summed E-state index contributed by atoms with van der Waals surface area (Å²) in [6.07, 6.45) is -5.62. The minimum atomic E-state index is -4.49. The van der Waals surface area contributed by atoms with Crippen molar-refractivity contribution in [3.63, 3.8) is 0 Å². The predicted octanol–water partition coefficient (Wildman–Crippen LogP) is 3.84. The zero-order valence-corrected chi connectivity index (χ0v) is 16.5. The lowest BCUT2D eigenvalue weighted by Crippen LogP contribution is -2.32. The number of halogens is 4. The fourth-order valence-electron chi connectivity index (χ4n) is 3.85. The average Bonchev–Trinajstić information content (AvgIpc) is 3.17. The summed E-state index contributed by atoms with van der Waals surface area (Å²) in [4.78, 5) is 12.4. The lowest BCUT2D eigenvalue weighted by atomic mass is 10.0. The number of aliphatic hydroxyl groups is 1. The summed E-state index contributed by atoms with van der Waals surface area (Å²) in [6.45, 7) is -0.0985. The van der Waals surface area contributed by atoms with Crippen LogP contribution in [-0.4, -0.2) is 57.1 Å². The van der Waals surface area contributed by atoms with E-state index in [4.69, 9.17) is 0 Å². The molecule has 11 heteroatoms. The predicted molar refractivity (Wildman–Crippen MR) is 108 cm³/mol. The molecule has 32 heavy (non-hydrogen) atoms. The van der Waals surface area contributed by atoms with Crippen LogP contribution in [0, 0.1) is 11.7 Å². The molecule has 2 aromatic carbocycles. The largest absolute Gasteiger partial charge is 0.465 e. The van der Waals surface area contributed by atoms with Gasteiger partial charge in [-0.1, -0.05) is 24.3 Å². The maximum absolute atomic E-state index is 14.8. The van der Waals surface area contributed by atoms with Crippen molar-refractivity contribution in [1.82, 2.24) is 15.1 Å². The second kappa shape index (κ2) is 8.23. The van der Waals surface area contributed by atoms with E-state index in [-0.39, 0.29) is 36.6 Å². The number of nitrogens with one attached hydrogen (secondary N) is 1. The lowest BCUT2D eigenvalue weighted by molar-refractivity contribution is -0.137. The average molecular weight is 450 g/mol. The van der Waals surface area contributed by atoms with Crippen molar-refractivity contribution < 1.29 is 32.6 Å². The molecule has 3 N–H and O–H groups in total. The quantitative estimate of drug-likeness (QED) is 0.523. The van der Waals surface area contributed by atoms with E-state index in [1.54, 1.807) is 6.07 Å². The first-order valence-corrected chi connectivity index (χ1v) is 9.67. The number of aliphatic hydroxyl groups excluding tert-OH is 1. The molecule has 0 aliphatic carbocycles. The number of fused-ring (bicyclic) bond motifs is 1. The SMILES string of the molecule is O=C(O)N1C[C@@H](CO)[C@H](Nc2nnc(-c3ccc(C(F)(F)F)cc3)c3cccc(F)c23)C1. The van der Waals surface area contributed by atoms with Crippen molar-refractivity contribution in [2.24, 2.45) is 5.92 Å². The van der Waals surface area contributed by atoms with Gasteiger partial charge in [0.15, 0.2) is 5.82 Å². The number of anilines is 1. The Morgan fingerprint density at radius 3 is 2.47 bits per heavy atom.